The van der Waals surface area contributed by atoms with Crippen LogP contribution in [0.15, 0.2) is 35.9 Å². The molecule has 1 heterocycles. The predicted octanol–water partition coefficient (Wildman–Crippen LogP) is 2.46. The number of ether oxygens (including phenoxy) is 1. The molecule has 21 heavy (non-hydrogen) atoms. The number of nitrogens with zero attached hydrogens (tertiary/aromatic N) is 1. The third-order valence-corrected chi connectivity index (χ3v) is 2.96. The number of hydrogen-bond acceptors (Lipinski definition) is 4. The first-order chi connectivity index (χ1) is 9.88. The van der Waals surface area contributed by atoms with Crippen LogP contribution in [0.2, 0.25) is 0 Å². The van der Waals surface area contributed by atoms with Crippen LogP contribution in [0, 0.1) is 5.92 Å². The number of carbonyl (C=O) groups excluding carboxylic acids is 3. The molecule has 1 saturated heterocycles. The SMILES string of the molecule is CC(=O)Oc1ccc(N2C(=O)C/C(=C/C(C)C)C2=O)cc1. The van der Waals surface area contributed by atoms with Crippen molar-refractivity contribution in [2.75, 3.05) is 4.90 Å². The number of anilines is 1. The molecule has 0 unspecified atom stereocenters. The summed E-state index contributed by atoms with van der Waals surface area (Å²) < 4.78 is 4.92. The van der Waals surface area contributed by atoms with Crippen molar-refractivity contribution < 1.29 is 19.1 Å². The van der Waals surface area contributed by atoms with Crippen molar-refractivity contribution in [1.29, 1.82) is 0 Å². The molecule has 2 rings (SSSR count). The van der Waals surface area contributed by atoms with E-state index in [-0.39, 0.29) is 24.2 Å². The second-order valence-corrected chi connectivity index (χ2v) is 5.23. The molecule has 1 fully saturated rings. The second-order valence-electron chi connectivity index (χ2n) is 5.23. The van der Waals surface area contributed by atoms with Crippen molar-refractivity contribution >= 4 is 23.5 Å². The molecule has 1 aliphatic heterocycles. The molecule has 0 aliphatic carbocycles. The van der Waals surface area contributed by atoms with Crippen LogP contribution in [0.4, 0.5) is 5.69 Å². The third-order valence-electron chi connectivity index (χ3n) is 2.96. The molecule has 1 aromatic rings. The molecule has 0 N–H and O–H groups in total. The molecule has 2 amide bonds. The molecule has 110 valence electrons. The van der Waals surface area contributed by atoms with Crippen LogP contribution in [-0.4, -0.2) is 17.8 Å². The van der Waals surface area contributed by atoms with E-state index in [1.807, 2.05) is 19.9 Å². The fraction of sp³-hybridized carbons (Fsp3) is 0.312. The van der Waals surface area contributed by atoms with Gasteiger partial charge in [0.15, 0.2) is 0 Å². The zero-order chi connectivity index (χ0) is 15.6. The normalized spacial score (nSPS) is 17.0. The minimum absolute atomic E-state index is 0.128. The van der Waals surface area contributed by atoms with Gasteiger partial charge in [-0.05, 0) is 30.2 Å². The van der Waals surface area contributed by atoms with E-state index < -0.39 is 5.97 Å². The molecular weight excluding hydrogens is 270 g/mol. The van der Waals surface area contributed by atoms with Crippen molar-refractivity contribution in [2.45, 2.75) is 27.2 Å². The lowest BCUT2D eigenvalue weighted by atomic mass is 10.1. The Morgan fingerprint density at radius 1 is 1.24 bits per heavy atom. The average molecular weight is 287 g/mol. The van der Waals surface area contributed by atoms with Gasteiger partial charge in [0.25, 0.3) is 5.91 Å². The first-order valence-electron chi connectivity index (χ1n) is 6.75. The molecule has 1 aromatic carbocycles. The fourth-order valence-corrected chi connectivity index (χ4v) is 2.20. The summed E-state index contributed by atoms with van der Waals surface area (Å²) in [4.78, 5) is 36.3. The van der Waals surface area contributed by atoms with Gasteiger partial charge in [0.05, 0.1) is 12.1 Å². The lowest BCUT2D eigenvalue weighted by Gasteiger charge is -2.14. The number of imide groups is 1. The van der Waals surface area contributed by atoms with Crippen molar-refractivity contribution in [1.82, 2.24) is 0 Å². The Morgan fingerprint density at radius 2 is 1.86 bits per heavy atom. The molecule has 1 aliphatic rings. The summed E-state index contributed by atoms with van der Waals surface area (Å²) >= 11 is 0. The van der Waals surface area contributed by atoms with Gasteiger partial charge in [0.1, 0.15) is 5.75 Å². The molecule has 0 radical (unpaired) electrons. The van der Waals surface area contributed by atoms with E-state index in [1.54, 1.807) is 24.3 Å². The monoisotopic (exact) mass is 287 g/mol. The minimum Gasteiger partial charge on any atom is -0.427 e. The van der Waals surface area contributed by atoms with Gasteiger partial charge in [-0.15, -0.1) is 0 Å². The summed E-state index contributed by atoms with van der Waals surface area (Å²) in [6, 6.07) is 6.29. The van der Waals surface area contributed by atoms with Crippen LogP contribution in [0.3, 0.4) is 0 Å². The Balaban J connectivity index is 2.24. The molecule has 0 atom stereocenters. The summed E-state index contributed by atoms with van der Waals surface area (Å²) in [5, 5.41) is 0. The van der Waals surface area contributed by atoms with Gasteiger partial charge in [-0.25, -0.2) is 4.90 Å². The summed E-state index contributed by atoms with van der Waals surface area (Å²) in [5.41, 5.74) is 1.01. The van der Waals surface area contributed by atoms with Crippen LogP contribution < -0.4 is 9.64 Å². The Morgan fingerprint density at radius 3 is 2.38 bits per heavy atom. The van der Waals surface area contributed by atoms with E-state index in [4.69, 9.17) is 4.74 Å². The highest BCUT2D eigenvalue weighted by Gasteiger charge is 2.34. The highest BCUT2D eigenvalue weighted by molar-refractivity contribution is 6.28. The van der Waals surface area contributed by atoms with Crippen LogP contribution in [0.25, 0.3) is 0 Å². The molecule has 5 heteroatoms. The van der Waals surface area contributed by atoms with Gasteiger partial charge in [0.2, 0.25) is 5.91 Å². The molecule has 0 aromatic heterocycles. The van der Waals surface area contributed by atoms with E-state index in [0.29, 0.717) is 17.0 Å². The number of rotatable bonds is 3. The van der Waals surface area contributed by atoms with Gasteiger partial charge >= 0.3 is 5.97 Å². The number of hydrogen-bond donors (Lipinski definition) is 0. The van der Waals surface area contributed by atoms with Crippen LogP contribution in [-0.2, 0) is 14.4 Å². The highest BCUT2D eigenvalue weighted by Crippen LogP contribution is 2.28. The smallest absolute Gasteiger partial charge is 0.308 e. The van der Waals surface area contributed by atoms with Crippen LogP contribution in [0.5, 0.6) is 5.75 Å². The predicted molar refractivity (Wildman–Crippen MR) is 77.8 cm³/mol. The average Bonchev–Trinajstić information content (AvgIpc) is 2.64. The quantitative estimate of drug-likeness (QED) is 0.371. The number of esters is 1. The second kappa shape index (κ2) is 5.91. The Hall–Kier alpha value is -2.43. The summed E-state index contributed by atoms with van der Waals surface area (Å²) in [5.74, 6) is -0.356. The number of allylic oxidation sites excluding steroid dienone is 1. The van der Waals surface area contributed by atoms with E-state index in [0.717, 1.165) is 4.90 Å². The molecule has 5 nitrogen and oxygen atoms in total. The van der Waals surface area contributed by atoms with Gasteiger partial charge in [-0.2, -0.15) is 0 Å². The van der Waals surface area contributed by atoms with Crippen LogP contribution in [0.1, 0.15) is 27.2 Å². The van der Waals surface area contributed by atoms with Crippen molar-refractivity contribution in [2.24, 2.45) is 5.92 Å². The molecular formula is C16H17NO4. The lowest BCUT2D eigenvalue weighted by Crippen LogP contribution is -2.28. The standard InChI is InChI=1S/C16H17NO4/c1-10(2)8-12-9-15(19)17(16(12)20)13-4-6-14(7-5-13)21-11(3)18/h4-8,10H,9H2,1-3H3/b12-8-. The first kappa shape index (κ1) is 15.0. The Bertz CT molecular complexity index is 614. The van der Waals surface area contributed by atoms with E-state index in [2.05, 4.69) is 0 Å². The Labute approximate surface area is 123 Å². The van der Waals surface area contributed by atoms with Gasteiger partial charge in [-0.3, -0.25) is 14.4 Å². The largest absolute Gasteiger partial charge is 0.427 e. The third kappa shape index (κ3) is 3.37. The Kier molecular flexibility index (Phi) is 4.21. The summed E-state index contributed by atoms with van der Waals surface area (Å²) in [7, 11) is 0. The topological polar surface area (TPSA) is 63.7 Å². The highest BCUT2D eigenvalue weighted by atomic mass is 16.5. The summed E-state index contributed by atoms with van der Waals surface area (Å²) in [6.45, 7) is 5.23. The van der Waals surface area contributed by atoms with Gasteiger partial charge in [0, 0.05) is 12.5 Å². The zero-order valence-corrected chi connectivity index (χ0v) is 12.3. The van der Waals surface area contributed by atoms with Gasteiger partial charge < -0.3 is 4.74 Å². The fourth-order valence-electron chi connectivity index (χ4n) is 2.20. The zero-order valence-electron chi connectivity index (χ0n) is 12.3. The van der Waals surface area contributed by atoms with Crippen molar-refractivity contribution in [3.8, 4) is 5.75 Å². The summed E-state index contributed by atoms with van der Waals surface area (Å²) in [6.07, 6.45) is 1.94. The maximum absolute atomic E-state index is 12.3. The van der Waals surface area contributed by atoms with E-state index >= 15 is 0 Å². The first-order valence-corrected chi connectivity index (χ1v) is 6.75. The number of carbonyl (C=O) groups is 3. The minimum atomic E-state index is -0.418. The van der Waals surface area contributed by atoms with E-state index in [1.165, 1.54) is 6.92 Å². The van der Waals surface area contributed by atoms with E-state index in [9.17, 15) is 14.4 Å². The van der Waals surface area contributed by atoms with Crippen molar-refractivity contribution in [3.63, 3.8) is 0 Å². The molecule has 0 spiro atoms. The maximum atomic E-state index is 12.3. The van der Waals surface area contributed by atoms with Crippen molar-refractivity contribution in [3.05, 3.63) is 35.9 Å². The van der Waals surface area contributed by atoms with Gasteiger partial charge in [-0.1, -0.05) is 19.9 Å². The lowest BCUT2D eigenvalue weighted by molar-refractivity contribution is -0.132. The maximum Gasteiger partial charge on any atom is 0.308 e. The molecule has 0 bridgehead atoms. The number of benzene rings is 1. The number of amides is 2. The van der Waals surface area contributed by atoms with Crippen LogP contribution >= 0.6 is 0 Å². The molecule has 0 saturated carbocycles.